The summed E-state index contributed by atoms with van der Waals surface area (Å²) in [6.45, 7) is 10.5. The molecule has 0 saturated carbocycles. The summed E-state index contributed by atoms with van der Waals surface area (Å²) in [5, 5.41) is 3.79. The van der Waals surface area contributed by atoms with Crippen LogP contribution < -0.4 is 5.32 Å². The van der Waals surface area contributed by atoms with Crippen LogP contribution in [0.1, 0.15) is 19.3 Å². The maximum absolute atomic E-state index is 5.37. The molecule has 4 aliphatic heterocycles. The number of nitrogens with zero attached hydrogens (tertiary/aromatic N) is 2. The highest BCUT2D eigenvalue weighted by molar-refractivity contribution is 4.90. The van der Waals surface area contributed by atoms with E-state index in [-0.39, 0.29) is 0 Å². The van der Waals surface area contributed by atoms with Crippen LogP contribution >= 0.6 is 0 Å². The Labute approximate surface area is 111 Å². The van der Waals surface area contributed by atoms with Crippen LogP contribution in [0, 0.1) is 5.92 Å². The zero-order valence-electron chi connectivity index (χ0n) is 11.4. The molecule has 0 amide bonds. The SMILES string of the molecule is C(CNC1CN2CCC1CC2)CN1CCOCC1. The van der Waals surface area contributed by atoms with Crippen LogP contribution in [-0.2, 0) is 4.74 Å². The van der Waals surface area contributed by atoms with Crippen molar-refractivity contribution in [1.82, 2.24) is 15.1 Å². The van der Waals surface area contributed by atoms with Gasteiger partial charge in [0.15, 0.2) is 0 Å². The van der Waals surface area contributed by atoms with E-state index in [9.17, 15) is 0 Å². The minimum atomic E-state index is 0.775. The average molecular weight is 253 g/mol. The Morgan fingerprint density at radius 2 is 1.83 bits per heavy atom. The summed E-state index contributed by atoms with van der Waals surface area (Å²) in [4.78, 5) is 5.15. The van der Waals surface area contributed by atoms with E-state index in [2.05, 4.69) is 15.1 Å². The Kier molecular flexibility index (Phi) is 4.52. The highest BCUT2D eigenvalue weighted by Gasteiger charge is 2.33. The van der Waals surface area contributed by atoms with Crippen molar-refractivity contribution < 1.29 is 4.74 Å². The molecule has 4 heteroatoms. The Balaban J connectivity index is 1.30. The van der Waals surface area contributed by atoms with Crippen molar-refractivity contribution in [1.29, 1.82) is 0 Å². The third kappa shape index (κ3) is 3.23. The molecule has 0 aromatic carbocycles. The van der Waals surface area contributed by atoms with Crippen LogP contribution in [0.4, 0.5) is 0 Å². The third-order valence-corrected chi connectivity index (χ3v) is 4.82. The van der Waals surface area contributed by atoms with Gasteiger partial charge in [-0.05, 0) is 51.4 Å². The minimum Gasteiger partial charge on any atom is -0.379 e. The molecule has 0 aromatic heterocycles. The third-order valence-electron chi connectivity index (χ3n) is 4.82. The second kappa shape index (κ2) is 6.33. The lowest BCUT2D eigenvalue weighted by atomic mass is 9.84. The van der Waals surface area contributed by atoms with E-state index in [1.54, 1.807) is 0 Å². The van der Waals surface area contributed by atoms with Crippen molar-refractivity contribution in [3.05, 3.63) is 0 Å². The van der Waals surface area contributed by atoms with Gasteiger partial charge < -0.3 is 15.0 Å². The molecule has 0 spiro atoms. The van der Waals surface area contributed by atoms with Gasteiger partial charge in [-0.15, -0.1) is 0 Å². The van der Waals surface area contributed by atoms with E-state index in [1.165, 1.54) is 52.0 Å². The molecule has 0 aliphatic carbocycles. The van der Waals surface area contributed by atoms with Crippen molar-refractivity contribution in [3.8, 4) is 0 Å². The fourth-order valence-corrected chi connectivity index (χ4v) is 3.61. The summed E-state index contributed by atoms with van der Waals surface area (Å²) in [5.74, 6) is 0.957. The van der Waals surface area contributed by atoms with Crippen molar-refractivity contribution in [3.63, 3.8) is 0 Å². The van der Waals surface area contributed by atoms with Gasteiger partial charge in [0.25, 0.3) is 0 Å². The second-order valence-corrected chi connectivity index (χ2v) is 6.01. The lowest BCUT2D eigenvalue weighted by molar-refractivity contribution is 0.0364. The molecule has 1 atom stereocenters. The van der Waals surface area contributed by atoms with E-state index >= 15 is 0 Å². The van der Waals surface area contributed by atoms with E-state index in [0.29, 0.717) is 0 Å². The number of hydrogen-bond acceptors (Lipinski definition) is 4. The highest BCUT2D eigenvalue weighted by Crippen LogP contribution is 2.27. The largest absolute Gasteiger partial charge is 0.379 e. The molecular weight excluding hydrogens is 226 g/mol. The second-order valence-electron chi connectivity index (χ2n) is 6.01. The zero-order valence-corrected chi connectivity index (χ0v) is 11.4. The minimum absolute atomic E-state index is 0.775. The number of piperidine rings is 3. The summed E-state index contributed by atoms with van der Waals surface area (Å²) in [6, 6.07) is 0.775. The molecule has 4 saturated heterocycles. The Hall–Kier alpha value is -0.160. The summed E-state index contributed by atoms with van der Waals surface area (Å²) < 4.78 is 5.37. The van der Waals surface area contributed by atoms with Crippen LogP contribution in [0.5, 0.6) is 0 Å². The normalized spacial score (nSPS) is 37.0. The first-order chi connectivity index (χ1) is 8.92. The lowest BCUT2D eigenvalue weighted by Gasteiger charge is -2.45. The topological polar surface area (TPSA) is 27.7 Å². The molecule has 4 nitrogen and oxygen atoms in total. The van der Waals surface area contributed by atoms with Gasteiger partial charge in [0.1, 0.15) is 0 Å². The summed E-state index contributed by atoms with van der Waals surface area (Å²) in [7, 11) is 0. The molecule has 1 unspecified atom stereocenters. The summed E-state index contributed by atoms with van der Waals surface area (Å²) in [6.07, 6.45) is 4.12. The fraction of sp³-hybridized carbons (Fsp3) is 1.00. The monoisotopic (exact) mass is 253 g/mol. The standard InChI is InChI=1S/C14H27N3O/c1(5-16-8-10-18-11-9-16)4-15-14-12-17-6-2-13(14)3-7-17/h13-15H,1-12H2. The van der Waals surface area contributed by atoms with Gasteiger partial charge in [0, 0.05) is 25.7 Å². The Morgan fingerprint density at radius 1 is 1.06 bits per heavy atom. The van der Waals surface area contributed by atoms with Crippen LogP contribution in [0.25, 0.3) is 0 Å². The first-order valence-corrected chi connectivity index (χ1v) is 7.68. The molecule has 1 N–H and O–H groups in total. The fourth-order valence-electron chi connectivity index (χ4n) is 3.61. The van der Waals surface area contributed by atoms with Crippen molar-refractivity contribution in [2.75, 3.05) is 59.0 Å². The average Bonchev–Trinajstić information content (AvgIpc) is 2.46. The van der Waals surface area contributed by atoms with Crippen LogP contribution in [0.3, 0.4) is 0 Å². The van der Waals surface area contributed by atoms with Crippen LogP contribution in [0.2, 0.25) is 0 Å². The van der Waals surface area contributed by atoms with Gasteiger partial charge in [-0.1, -0.05) is 0 Å². The molecule has 104 valence electrons. The van der Waals surface area contributed by atoms with Crippen LogP contribution in [-0.4, -0.2) is 74.9 Å². The van der Waals surface area contributed by atoms with E-state index in [0.717, 1.165) is 38.3 Å². The molecule has 4 rings (SSSR count). The molecule has 4 heterocycles. The van der Waals surface area contributed by atoms with Gasteiger partial charge in [-0.25, -0.2) is 0 Å². The van der Waals surface area contributed by atoms with Gasteiger partial charge in [0.05, 0.1) is 13.2 Å². The lowest BCUT2D eigenvalue weighted by Crippen LogP contribution is -2.56. The molecular formula is C14H27N3O. The first-order valence-electron chi connectivity index (χ1n) is 7.68. The first kappa shape index (κ1) is 12.9. The van der Waals surface area contributed by atoms with Crippen LogP contribution in [0.15, 0.2) is 0 Å². The predicted molar refractivity (Wildman–Crippen MR) is 72.8 cm³/mol. The Bertz CT molecular complexity index is 247. The maximum Gasteiger partial charge on any atom is 0.0594 e. The number of ether oxygens (including phenoxy) is 1. The summed E-state index contributed by atoms with van der Waals surface area (Å²) in [5.41, 5.74) is 0. The molecule has 4 fully saturated rings. The summed E-state index contributed by atoms with van der Waals surface area (Å²) >= 11 is 0. The van der Waals surface area contributed by atoms with Crippen molar-refractivity contribution >= 4 is 0 Å². The molecule has 4 aliphatic rings. The Morgan fingerprint density at radius 3 is 2.50 bits per heavy atom. The van der Waals surface area contributed by atoms with E-state index in [1.807, 2.05) is 0 Å². The predicted octanol–water partition coefficient (Wildman–Crippen LogP) is 0.393. The van der Waals surface area contributed by atoms with Gasteiger partial charge in [-0.3, -0.25) is 4.90 Å². The van der Waals surface area contributed by atoms with E-state index in [4.69, 9.17) is 4.74 Å². The number of hydrogen-bond donors (Lipinski definition) is 1. The van der Waals surface area contributed by atoms with Gasteiger partial charge in [0.2, 0.25) is 0 Å². The maximum atomic E-state index is 5.37. The van der Waals surface area contributed by atoms with Gasteiger partial charge in [-0.2, -0.15) is 0 Å². The smallest absolute Gasteiger partial charge is 0.0594 e. The molecule has 0 radical (unpaired) electrons. The van der Waals surface area contributed by atoms with Gasteiger partial charge >= 0.3 is 0 Å². The quantitative estimate of drug-likeness (QED) is 0.718. The number of nitrogens with one attached hydrogen (secondary N) is 1. The zero-order chi connectivity index (χ0) is 12.2. The molecule has 2 bridgehead atoms. The van der Waals surface area contributed by atoms with Crippen molar-refractivity contribution in [2.24, 2.45) is 5.92 Å². The molecule has 18 heavy (non-hydrogen) atoms. The highest BCUT2D eigenvalue weighted by atomic mass is 16.5. The number of fused-ring (bicyclic) bond motifs is 3. The number of morpholine rings is 1. The molecule has 0 aromatic rings. The van der Waals surface area contributed by atoms with Crippen molar-refractivity contribution in [2.45, 2.75) is 25.3 Å². The van der Waals surface area contributed by atoms with E-state index < -0.39 is 0 Å². The number of rotatable bonds is 5.